The van der Waals surface area contributed by atoms with Crippen LogP contribution in [-0.2, 0) is 0 Å². The first-order valence-corrected chi connectivity index (χ1v) is 13.6. The molecule has 2 aromatic heterocycles. The minimum atomic E-state index is -0.635. The van der Waals surface area contributed by atoms with Gasteiger partial charge in [0.1, 0.15) is 22.3 Å². The summed E-state index contributed by atoms with van der Waals surface area (Å²) in [6.07, 6.45) is 0. The molecular formula is C40H25NO2. The molecule has 0 bridgehead atoms. The summed E-state index contributed by atoms with van der Waals surface area (Å²) in [4.78, 5) is 1.64. The smallest absolute Gasteiger partial charge is 0.143 e. The topological polar surface area (TPSA) is 29.5 Å². The van der Waals surface area contributed by atoms with Gasteiger partial charge in [-0.2, -0.15) is 0 Å². The van der Waals surface area contributed by atoms with E-state index in [4.69, 9.17) is 18.4 Å². The number of para-hydroxylation sites is 2. The molecule has 0 spiro atoms. The van der Waals surface area contributed by atoms with Crippen LogP contribution in [0.25, 0.3) is 65.8 Å². The molecule has 2 heterocycles. The van der Waals surface area contributed by atoms with E-state index in [1.165, 1.54) is 0 Å². The molecule has 9 rings (SSSR count). The minimum absolute atomic E-state index is 0.104. The van der Waals surface area contributed by atoms with Crippen LogP contribution in [-0.4, -0.2) is 0 Å². The number of hydrogen-bond donors (Lipinski definition) is 0. The second kappa shape index (κ2) is 9.37. The van der Waals surface area contributed by atoms with Crippen LogP contribution in [0.1, 0.15) is 15.1 Å². The van der Waals surface area contributed by atoms with Crippen molar-refractivity contribution in [2.75, 3.05) is 4.90 Å². The van der Waals surface area contributed by atoms with Gasteiger partial charge in [0.05, 0.1) is 26.2 Å². The SMILES string of the molecule is [2H]c1c([2H])c(N(c2ccccc2)c2cccc3oc4c5ccccc5ccc4c23)c([2H])c([2H])c1-c1c([2H])c([2H])c([2H])c2oc3c([2H])c([2H])c([2H])c([2H])c3c12. The summed E-state index contributed by atoms with van der Waals surface area (Å²) in [5.74, 6) is 0. The third-order valence-electron chi connectivity index (χ3n) is 7.65. The molecule has 43 heavy (non-hydrogen) atoms. The van der Waals surface area contributed by atoms with E-state index in [9.17, 15) is 5.48 Å². The number of anilines is 3. The fraction of sp³-hybridized carbons (Fsp3) is 0. The van der Waals surface area contributed by atoms with E-state index >= 15 is 0 Å². The highest BCUT2D eigenvalue weighted by Crippen LogP contribution is 2.45. The third kappa shape index (κ3) is 3.68. The average Bonchev–Trinajstić information content (AvgIpc) is 3.78. The molecule has 0 amide bonds. The summed E-state index contributed by atoms with van der Waals surface area (Å²) in [5.41, 5.74) is 0.820. The Bertz CT molecular complexity index is 3050. The Morgan fingerprint density at radius 2 is 1.30 bits per heavy atom. The number of nitrogens with zero attached hydrogens (tertiary/aromatic N) is 1. The maximum Gasteiger partial charge on any atom is 0.143 e. The van der Waals surface area contributed by atoms with E-state index in [1.54, 1.807) is 35.2 Å². The summed E-state index contributed by atoms with van der Waals surface area (Å²) in [6, 6.07) is 20.0. The molecular weight excluding hydrogens is 526 g/mol. The van der Waals surface area contributed by atoms with E-state index in [2.05, 4.69) is 0 Å². The monoisotopic (exact) mass is 562 g/mol. The molecule has 0 atom stereocenters. The van der Waals surface area contributed by atoms with E-state index in [-0.39, 0.29) is 38.8 Å². The Morgan fingerprint density at radius 3 is 2.21 bits per heavy atom. The van der Waals surface area contributed by atoms with Crippen LogP contribution >= 0.6 is 0 Å². The van der Waals surface area contributed by atoms with Gasteiger partial charge in [0.15, 0.2) is 0 Å². The first-order valence-electron chi connectivity index (χ1n) is 19.1. The molecule has 0 saturated heterocycles. The zero-order valence-electron chi connectivity index (χ0n) is 33.3. The quantitative estimate of drug-likeness (QED) is 0.214. The Balaban J connectivity index is 1.38. The van der Waals surface area contributed by atoms with Gasteiger partial charge in [-0.05, 0) is 71.0 Å². The Labute approximate surface area is 263 Å². The number of rotatable bonds is 4. The largest absolute Gasteiger partial charge is 0.456 e. The highest BCUT2D eigenvalue weighted by molar-refractivity contribution is 6.19. The van der Waals surface area contributed by atoms with Crippen LogP contribution in [0, 0.1) is 0 Å². The summed E-state index contributed by atoms with van der Waals surface area (Å²) < 4.78 is 110. The maximum atomic E-state index is 9.49. The molecule has 0 saturated carbocycles. The van der Waals surface area contributed by atoms with Crippen molar-refractivity contribution in [2.24, 2.45) is 0 Å². The molecule has 3 heteroatoms. The van der Waals surface area contributed by atoms with Crippen molar-refractivity contribution in [1.82, 2.24) is 0 Å². The minimum Gasteiger partial charge on any atom is -0.456 e. The van der Waals surface area contributed by atoms with Crippen molar-refractivity contribution < 1.29 is 23.9 Å². The lowest BCUT2D eigenvalue weighted by molar-refractivity contribution is 0.669. The fourth-order valence-corrected chi connectivity index (χ4v) is 5.78. The zero-order valence-corrected chi connectivity index (χ0v) is 22.3. The standard InChI is InChI=1S/C40H25NO2/c1-2-11-28(12-3-1)41(34-16-9-19-37-39(34)33-25-22-26-10-4-5-13-31(26)40(33)43-37)29-23-20-27(21-24-29)30-15-8-18-36-38(30)32-14-6-7-17-35(32)42-36/h1-25H/i6D,7D,8D,14D,15D,17D,18D,20D,21D,23D,24D. The molecule has 0 fully saturated rings. The number of hydrogen-bond acceptors (Lipinski definition) is 3. The lowest BCUT2D eigenvalue weighted by Gasteiger charge is -2.26. The summed E-state index contributed by atoms with van der Waals surface area (Å²) in [7, 11) is 0. The molecule has 0 N–H and O–H groups in total. The van der Waals surface area contributed by atoms with E-state index in [0.717, 1.165) is 16.2 Å². The van der Waals surface area contributed by atoms with Crippen molar-refractivity contribution in [3.05, 3.63) is 151 Å². The van der Waals surface area contributed by atoms with Crippen molar-refractivity contribution in [2.45, 2.75) is 0 Å². The van der Waals surface area contributed by atoms with Gasteiger partial charge in [0, 0.05) is 32.9 Å². The van der Waals surface area contributed by atoms with Crippen molar-refractivity contribution >= 4 is 71.7 Å². The summed E-state index contributed by atoms with van der Waals surface area (Å²) in [6.45, 7) is 0. The Kier molecular flexibility index (Phi) is 3.36. The molecule has 3 nitrogen and oxygen atoms in total. The van der Waals surface area contributed by atoms with Crippen molar-refractivity contribution in [3.8, 4) is 11.1 Å². The molecule has 0 aliphatic rings. The first-order chi connectivity index (χ1) is 25.9. The lowest BCUT2D eigenvalue weighted by Crippen LogP contribution is -2.10. The van der Waals surface area contributed by atoms with Crippen LogP contribution < -0.4 is 4.90 Å². The Hall–Kier alpha value is -5.80. The van der Waals surface area contributed by atoms with Gasteiger partial charge in [0.25, 0.3) is 0 Å². The normalized spacial score (nSPS) is 15.3. The number of furan rings is 2. The van der Waals surface area contributed by atoms with Crippen LogP contribution in [0.2, 0.25) is 0 Å². The van der Waals surface area contributed by atoms with Crippen LogP contribution in [0.5, 0.6) is 0 Å². The van der Waals surface area contributed by atoms with Gasteiger partial charge >= 0.3 is 0 Å². The second-order valence-electron chi connectivity index (χ2n) is 10.1. The van der Waals surface area contributed by atoms with E-state index in [0.29, 0.717) is 27.9 Å². The molecule has 0 aliphatic carbocycles. The van der Waals surface area contributed by atoms with E-state index < -0.39 is 66.5 Å². The maximum absolute atomic E-state index is 9.49. The van der Waals surface area contributed by atoms with Crippen molar-refractivity contribution in [1.29, 1.82) is 0 Å². The molecule has 9 aromatic rings. The van der Waals surface area contributed by atoms with Crippen molar-refractivity contribution in [3.63, 3.8) is 0 Å². The van der Waals surface area contributed by atoms with E-state index in [1.807, 2.05) is 54.6 Å². The van der Waals surface area contributed by atoms with Crippen LogP contribution in [0.15, 0.2) is 160 Å². The molecule has 0 radical (unpaired) electrons. The average molecular weight is 563 g/mol. The van der Waals surface area contributed by atoms with Gasteiger partial charge in [-0.1, -0.05) is 96.9 Å². The van der Waals surface area contributed by atoms with Gasteiger partial charge in [-0.25, -0.2) is 0 Å². The van der Waals surface area contributed by atoms with Gasteiger partial charge < -0.3 is 13.7 Å². The van der Waals surface area contributed by atoms with Gasteiger partial charge in [-0.15, -0.1) is 0 Å². The predicted octanol–water partition coefficient (Wildman–Crippen LogP) is 11.8. The highest BCUT2D eigenvalue weighted by Gasteiger charge is 2.20. The Morgan fingerprint density at radius 1 is 0.488 bits per heavy atom. The van der Waals surface area contributed by atoms with Gasteiger partial charge in [0.2, 0.25) is 0 Å². The number of fused-ring (bicyclic) bond motifs is 8. The molecule has 7 aromatic carbocycles. The summed E-state index contributed by atoms with van der Waals surface area (Å²) >= 11 is 0. The number of benzene rings is 7. The first kappa shape index (κ1) is 15.4. The zero-order chi connectivity index (χ0) is 37.9. The third-order valence-corrected chi connectivity index (χ3v) is 7.65. The summed E-state index contributed by atoms with van der Waals surface area (Å²) in [5, 5.41) is 2.99. The van der Waals surface area contributed by atoms with Gasteiger partial charge in [-0.3, -0.25) is 0 Å². The van der Waals surface area contributed by atoms with Crippen LogP contribution in [0.3, 0.4) is 0 Å². The second-order valence-corrected chi connectivity index (χ2v) is 10.1. The van der Waals surface area contributed by atoms with Crippen LogP contribution in [0.4, 0.5) is 17.1 Å². The highest BCUT2D eigenvalue weighted by atomic mass is 16.3. The lowest BCUT2D eigenvalue weighted by atomic mass is 9.99. The molecule has 202 valence electrons. The fourth-order valence-electron chi connectivity index (χ4n) is 5.78. The molecule has 0 unspecified atom stereocenters. The molecule has 0 aliphatic heterocycles. The predicted molar refractivity (Wildman–Crippen MR) is 179 cm³/mol.